The second kappa shape index (κ2) is 3.36. The van der Waals surface area contributed by atoms with Crippen LogP contribution < -0.4 is 0 Å². The maximum Gasteiger partial charge on any atom is 0.0932 e. The molecule has 1 aromatic heterocycles. The minimum absolute atomic E-state index is 0.282. The van der Waals surface area contributed by atoms with Gasteiger partial charge in [0.15, 0.2) is 0 Å². The molecule has 0 bridgehead atoms. The molecular formula is C9H11ClOS. The summed E-state index contributed by atoms with van der Waals surface area (Å²) in [6, 6.07) is 3.76. The Balaban J connectivity index is 1.97. The predicted octanol–water partition coefficient (Wildman–Crippen LogP) is 3.24. The highest BCUT2D eigenvalue weighted by molar-refractivity contribution is 7.16. The zero-order valence-electron chi connectivity index (χ0n) is 6.66. The fourth-order valence-corrected chi connectivity index (χ4v) is 2.35. The first-order valence-corrected chi connectivity index (χ1v) is 5.38. The first-order valence-electron chi connectivity index (χ1n) is 4.19. The first kappa shape index (κ1) is 8.54. The molecule has 0 aromatic carbocycles. The molecule has 3 heteroatoms. The molecule has 1 unspecified atom stereocenters. The second-order valence-electron chi connectivity index (χ2n) is 3.34. The fourth-order valence-electron chi connectivity index (χ4n) is 1.29. The van der Waals surface area contributed by atoms with E-state index in [4.69, 9.17) is 11.6 Å². The van der Waals surface area contributed by atoms with Gasteiger partial charge in [0.25, 0.3) is 0 Å². The quantitative estimate of drug-likeness (QED) is 0.798. The van der Waals surface area contributed by atoms with Crippen molar-refractivity contribution >= 4 is 22.9 Å². The zero-order valence-corrected chi connectivity index (χ0v) is 8.24. The van der Waals surface area contributed by atoms with Crippen molar-refractivity contribution in [2.75, 3.05) is 0 Å². The van der Waals surface area contributed by atoms with E-state index < -0.39 is 0 Å². The number of hydrogen-bond donors (Lipinski definition) is 1. The lowest BCUT2D eigenvalue weighted by molar-refractivity contribution is 0.164. The summed E-state index contributed by atoms with van der Waals surface area (Å²) in [5, 5.41) is 9.70. The summed E-state index contributed by atoms with van der Waals surface area (Å²) < 4.78 is 0.764. The number of halogens is 1. The normalized spacial score (nSPS) is 19.5. The largest absolute Gasteiger partial charge is 0.388 e. The molecule has 66 valence electrons. The standard InChI is InChI=1S/C9H11ClOS/c10-9-4-3-8(12-9)7(11)5-6-1-2-6/h3-4,6-7,11H,1-2,5H2. The Kier molecular flexibility index (Phi) is 2.40. The minimum Gasteiger partial charge on any atom is -0.388 e. The van der Waals surface area contributed by atoms with E-state index in [0.717, 1.165) is 21.6 Å². The Morgan fingerprint density at radius 2 is 2.33 bits per heavy atom. The van der Waals surface area contributed by atoms with Crippen molar-refractivity contribution in [3.8, 4) is 0 Å². The third kappa shape index (κ3) is 2.00. The highest BCUT2D eigenvalue weighted by Crippen LogP contribution is 2.39. The van der Waals surface area contributed by atoms with Gasteiger partial charge < -0.3 is 5.11 Å². The first-order chi connectivity index (χ1) is 5.75. The number of rotatable bonds is 3. The SMILES string of the molecule is OC(CC1CC1)c1ccc(Cl)s1. The molecule has 1 nitrogen and oxygen atoms in total. The van der Waals surface area contributed by atoms with E-state index in [1.165, 1.54) is 24.2 Å². The molecule has 2 rings (SSSR count). The average Bonchev–Trinajstić information content (AvgIpc) is 2.72. The molecule has 0 amide bonds. The van der Waals surface area contributed by atoms with Crippen LogP contribution in [0.3, 0.4) is 0 Å². The van der Waals surface area contributed by atoms with Crippen molar-refractivity contribution in [2.45, 2.75) is 25.4 Å². The number of thiophene rings is 1. The van der Waals surface area contributed by atoms with Gasteiger partial charge in [-0.1, -0.05) is 24.4 Å². The van der Waals surface area contributed by atoms with Gasteiger partial charge in [-0.3, -0.25) is 0 Å². The van der Waals surface area contributed by atoms with E-state index in [2.05, 4.69) is 0 Å². The van der Waals surface area contributed by atoms with Crippen molar-refractivity contribution in [2.24, 2.45) is 5.92 Å². The number of aliphatic hydroxyl groups is 1. The molecule has 1 atom stereocenters. The molecule has 0 spiro atoms. The lowest BCUT2D eigenvalue weighted by Gasteiger charge is -2.05. The summed E-state index contributed by atoms with van der Waals surface area (Å²) in [6.07, 6.45) is 3.21. The smallest absolute Gasteiger partial charge is 0.0932 e. The molecule has 12 heavy (non-hydrogen) atoms. The number of aliphatic hydroxyl groups excluding tert-OH is 1. The van der Waals surface area contributed by atoms with Crippen LogP contribution in [0.25, 0.3) is 0 Å². The topological polar surface area (TPSA) is 20.2 Å². The van der Waals surface area contributed by atoms with Gasteiger partial charge >= 0.3 is 0 Å². The molecule has 1 aliphatic rings. The summed E-state index contributed by atoms with van der Waals surface area (Å²) >= 11 is 7.25. The molecule has 0 saturated heterocycles. The summed E-state index contributed by atoms with van der Waals surface area (Å²) in [5.41, 5.74) is 0. The van der Waals surface area contributed by atoms with Gasteiger partial charge in [0, 0.05) is 4.88 Å². The fraction of sp³-hybridized carbons (Fsp3) is 0.556. The predicted molar refractivity (Wildman–Crippen MR) is 51.6 cm³/mol. The molecule has 0 radical (unpaired) electrons. The van der Waals surface area contributed by atoms with E-state index in [-0.39, 0.29) is 6.10 Å². The lowest BCUT2D eigenvalue weighted by Crippen LogP contribution is -1.94. The van der Waals surface area contributed by atoms with Crippen LogP contribution in [0.2, 0.25) is 4.34 Å². The Morgan fingerprint density at radius 3 is 2.83 bits per heavy atom. The molecular weight excluding hydrogens is 192 g/mol. The van der Waals surface area contributed by atoms with Crippen molar-refractivity contribution in [1.82, 2.24) is 0 Å². The van der Waals surface area contributed by atoms with Gasteiger partial charge in [-0.15, -0.1) is 11.3 Å². The van der Waals surface area contributed by atoms with Crippen molar-refractivity contribution in [3.63, 3.8) is 0 Å². The molecule has 1 fully saturated rings. The third-order valence-corrected chi connectivity index (χ3v) is 3.51. The lowest BCUT2D eigenvalue weighted by atomic mass is 10.1. The van der Waals surface area contributed by atoms with Crippen LogP contribution in [0.15, 0.2) is 12.1 Å². The summed E-state index contributed by atoms with van der Waals surface area (Å²) in [4.78, 5) is 1.01. The van der Waals surface area contributed by atoms with Crippen LogP contribution >= 0.6 is 22.9 Å². The zero-order chi connectivity index (χ0) is 8.55. The van der Waals surface area contributed by atoms with Crippen LogP contribution in [0, 0.1) is 5.92 Å². The van der Waals surface area contributed by atoms with Crippen molar-refractivity contribution in [3.05, 3.63) is 21.3 Å². The van der Waals surface area contributed by atoms with Gasteiger partial charge in [-0.25, -0.2) is 0 Å². The van der Waals surface area contributed by atoms with Crippen LogP contribution in [0.4, 0.5) is 0 Å². The molecule has 1 heterocycles. The molecule has 1 aliphatic carbocycles. The van der Waals surface area contributed by atoms with Crippen LogP contribution in [-0.4, -0.2) is 5.11 Å². The summed E-state index contributed by atoms with van der Waals surface area (Å²) in [5.74, 6) is 0.765. The van der Waals surface area contributed by atoms with Gasteiger partial charge in [-0.2, -0.15) is 0 Å². The average molecular weight is 203 g/mol. The van der Waals surface area contributed by atoms with Crippen LogP contribution in [0.1, 0.15) is 30.2 Å². The number of hydrogen-bond acceptors (Lipinski definition) is 2. The Labute approximate surface area is 81.0 Å². The molecule has 0 aliphatic heterocycles. The van der Waals surface area contributed by atoms with Gasteiger partial charge in [-0.05, 0) is 24.5 Å². The summed E-state index contributed by atoms with van der Waals surface area (Å²) in [7, 11) is 0. The van der Waals surface area contributed by atoms with Gasteiger partial charge in [0.05, 0.1) is 10.4 Å². The molecule has 1 N–H and O–H groups in total. The highest BCUT2D eigenvalue weighted by Gasteiger charge is 2.25. The summed E-state index contributed by atoms with van der Waals surface area (Å²) in [6.45, 7) is 0. The van der Waals surface area contributed by atoms with Crippen LogP contribution in [-0.2, 0) is 0 Å². The van der Waals surface area contributed by atoms with Crippen molar-refractivity contribution < 1.29 is 5.11 Å². The van der Waals surface area contributed by atoms with E-state index in [9.17, 15) is 5.11 Å². The Bertz CT molecular complexity index is 267. The van der Waals surface area contributed by atoms with E-state index in [1.807, 2.05) is 12.1 Å². The Hall–Kier alpha value is -0.0500. The van der Waals surface area contributed by atoms with E-state index >= 15 is 0 Å². The van der Waals surface area contributed by atoms with E-state index in [0.29, 0.717) is 0 Å². The molecule has 1 aromatic rings. The third-order valence-electron chi connectivity index (χ3n) is 2.18. The minimum atomic E-state index is -0.282. The second-order valence-corrected chi connectivity index (χ2v) is 5.08. The maximum absolute atomic E-state index is 9.70. The Morgan fingerprint density at radius 1 is 1.58 bits per heavy atom. The van der Waals surface area contributed by atoms with Gasteiger partial charge in [0.2, 0.25) is 0 Å². The monoisotopic (exact) mass is 202 g/mol. The van der Waals surface area contributed by atoms with Gasteiger partial charge in [0.1, 0.15) is 0 Å². The van der Waals surface area contributed by atoms with Crippen molar-refractivity contribution in [1.29, 1.82) is 0 Å². The highest BCUT2D eigenvalue weighted by atomic mass is 35.5. The molecule has 1 saturated carbocycles. The van der Waals surface area contributed by atoms with E-state index in [1.54, 1.807) is 0 Å². The maximum atomic E-state index is 9.70. The van der Waals surface area contributed by atoms with Crippen LogP contribution in [0.5, 0.6) is 0 Å².